The van der Waals surface area contributed by atoms with Gasteiger partial charge in [0.2, 0.25) is 5.13 Å². The Labute approximate surface area is 165 Å². The van der Waals surface area contributed by atoms with Crippen LogP contribution in [0.15, 0.2) is 53.6 Å². The second-order valence-corrected chi connectivity index (χ2v) is 6.93. The van der Waals surface area contributed by atoms with Crippen molar-refractivity contribution >= 4 is 62.9 Å². The van der Waals surface area contributed by atoms with Crippen LogP contribution in [0.5, 0.6) is 0 Å². The zero-order chi connectivity index (χ0) is 16.2. The fourth-order valence-corrected chi connectivity index (χ4v) is 3.18. The molecule has 0 saturated carbocycles. The molecule has 0 aliphatic carbocycles. The number of hydrogen-bond donors (Lipinski definition) is 1. The van der Waals surface area contributed by atoms with E-state index >= 15 is 0 Å². The summed E-state index contributed by atoms with van der Waals surface area (Å²) in [7, 11) is 0. The SMILES string of the molecule is Br.Cc1sc(N/N=C\c2cccc(Cl)c2)nc1-c1ccc(Cl)cc1. The van der Waals surface area contributed by atoms with Crippen LogP contribution in [0.3, 0.4) is 0 Å². The molecule has 3 rings (SSSR count). The maximum absolute atomic E-state index is 5.94. The summed E-state index contributed by atoms with van der Waals surface area (Å²) in [4.78, 5) is 5.70. The molecule has 1 aromatic heterocycles. The van der Waals surface area contributed by atoms with Crippen molar-refractivity contribution in [2.24, 2.45) is 5.10 Å². The van der Waals surface area contributed by atoms with E-state index in [0.717, 1.165) is 26.8 Å². The summed E-state index contributed by atoms with van der Waals surface area (Å²) in [6.45, 7) is 2.04. The van der Waals surface area contributed by atoms with Gasteiger partial charge in [-0.25, -0.2) is 4.98 Å². The number of nitrogens with one attached hydrogen (secondary N) is 1. The maximum Gasteiger partial charge on any atom is 0.204 e. The third kappa shape index (κ3) is 4.80. The molecule has 3 aromatic rings. The first kappa shape index (κ1) is 18.9. The number of benzene rings is 2. The van der Waals surface area contributed by atoms with Crippen molar-refractivity contribution in [2.75, 3.05) is 5.43 Å². The molecule has 0 aliphatic heterocycles. The zero-order valence-corrected chi connectivity index (χ0v) is 16.7. The van der Waals surface area contributed by atoms with E-state index in [0.29, 0.717) is 10.0 Å². The second kappa shape index (κ2) is 8.62. The molecule has 0 saturated heterocycles. The van der Waals surface area contributed by atoms with Crippen molar-refractivity contribution in [3.8, 4) is 11.3 Å². The Balaban J connectivity index is 0.00000208. The number of anilines is 1. The van der Waals surface area contributed by atoms with E-state index in [2.05, 4.69) is 15.5 Å². The van der Waals surface area contributed by atoms with Crippen LogP contribution < -0.4 is 5.43 Å². The number of rotatable bonds is 4. The first-order chi connectivity index (χ1) is 11.1. The minimum Gasteiger partial charge on any atom is -0.253 e. The molecule has 24 heavy (non-hydrogen) atoms. The molecular formula is C17H14BrCl2N3S. The summed E-state index contributed by atoms with van der Waals surface area (Å²) < 4.78 is 0. The fourth-order valence-electron chi connectivity index (χ4n) is 2.07. The van der Waals surface area contributed by atoms with Crippen LogP contribution >= 0.6 is 51.5 Å². The molecule has 0 radical (unpaired) electrons. The number of aromatic nitrogens is 1. The molecule has 0 amide bonds. The first-order valence-corrected chi connectivity index (χ1v) is 8.47. The lowest BCUT2D eigenvalue weighted by atomic mass is 10.1. The van der Waals surface area contributed by atoms with E-state index in [1.54, 1.807) is 17.6 Å². The van der Waals surface area contributed by atoms with Gasteiger partial charge in [-0.3, -0.25) is 5.43 Å². The van der Waals surface area contributed by atoms with Crippen molar-refractivity contribution in [3.05, 3.63) is 69.0 Å². The maximum atomic E-state index is 5.94. The highest BCUT2D eigenvalue weighted by Gasteiger charge is 2.09. The smallest absolute Gasteiger partial charge is 0.204 e. The molecule has 3 nitrogen and oxygen atoms in total. The van der Waals surface area contributed by atoms with Crippen LogP contribution in [-0.2, 0) is 0 Å². The fraction of sp³-hybridized carbons (Fsp3) is 0.0588. The Kier molecular flexibility index (Phi) is 6.80. The quantitative estimate of drug-likeness (QED) is 0.372. The zero-order valence-electron chi connectivity index (χ0n) is 12.7. The monoisotopic (exact) mass is 441 g/mol. The molecule has 124 valence electrons. The van der Waals surface area contributed by atoms with Crippen LogP contribution in [0.1, 0.15) is 10.4 Å². The van der Waals surface area contributed by atoms with Gasteiger partial charge in [0.15, 0.2) is 0 Å². The van der Waals surface area contributed by atoms with Crippen molar-refractivity contribution in [1.82, 2.24) is 4.98 Å². The summed E-state index contributed by atoms with van der Waals surface area (Å²) in [5.41, 5.74) is 5.86. The van der Waals surface area contributed by atoms with Gasteiger partial charge >= 0.3 is 0 Å². The summed E-state index contributed by atoms with van der Waals surface area (Å²) in [5, 5.41) is 6.35. The molecule has 1 N–H and O–H groups in total. The van der Waals surface area contributed by atoms with Gasteiger partial charge in [0.25, 0.3) is 0 Å². The Hall–Kier alpha value is -1.40. The largest absolute Gasteiger partial charge is 0.253 e. The third-order valence-corrected chi connectivity index (χ3v) is 4.50. The molecule has 1 heterocycles. The molecule has 0 bridgehead atoms. The first-order valence-electron chi connectivity index (χ1n) is 6.90. The van der Waals surface area contributed by atoms with E-state index in [9.17, 15) is 0 Å². The number of thiazole rings is 1. The summed E-state index contributed by atoms with van der Waals surface area (Å²) >= 11 is 13.4. The minimum absolute atomic E-state index is 0. The Morgan fingerprint density at radius 1 is 1.08 bits per heavy atom. The van der Waals surface area contributed by atoms with Crippen LogP contribution in [0.2, 0.25) is 10.0 Å². The predicted octanol–water partition coefficient (Wildman–Crippen LogP) is 6.45. The van der Waals surface area contributed by atoms with E-state index in [1.807, 2.05) is 55.5 Å². The lowest BCUT2D eigenvalue weighted by molar-refractivity contribution is 1.28. The molecule has 0 unspecified atom stereocenters. The third-order valence-electron chi connectivity index (χ3n) is 3.14. The topological polar surface area (TPSA) is 37.3 Å². The van der Waals surface area contributed by atoms with Crippen molar-refractivity contribution in [2.45, 2.75) is 6.92 Å². The summed E-state index contributed by atoms with van der Waals surface area (Å²) in [5.74, 6) is 0. The molecule has 0 spiro atoms. The number of halogens is 3. The molecule has 2 aromatic carbocycles. The van der Waals surface area contributed by atoms with E-state index in [4.69, 9.17) is 23.2 Å². The van der Waals surface area contributed by atoms with Crippen LogP contribution in [0, 0.1) is 6.92 Å². The van der Waals surface area contributed by atoms with Gasteiger partial charge in [-0.2, -0.15) is 5.10 Å². The standard InChI is InChI=1S/C17H13Cl2N3S.BrH/c1-11-16(13-5-7-14(18)8-6-13)21-17(23-11)22-20-10-12-3-2-4-15(19)9-12;/h2-10H,1H3,(H,21,22);1H/b20-10-;. The Bertz CT molecular complexity index is 847. The molecule has 0 atom stereocenters. The van der Waals surface area contributed by atoms with Gasteiger partial charge in [0.1, 0.15) is 0 Å². The van der Waals surface area contributed by atoms with Crippen LogP contribution in [0.4, 0.5) is 5.13 Å². The van der Waals surface area contributed by atoms with E-state index in [1.165, 1.54) is 0 Å². The predicted molar refractivity (Wildman–Crippen MR) is 110 cm³/mol. The van der Waals surface area contributed by atoms with Gasteiger partial charge in [-0.05, 0) is 36.8 Å². The number of nitrogens with zero attached hydrogens (tertiary/aromatic N) is 2. The normalized spacial score (nSPS) is 10.6. The molecule has 0 aliphatic rings. The number of aryl methyl sites for hydroxylation is 1. The van der Waals surface area contributed by atoms with Gasteiger partial charge in [0.05, 0.1) is 11.9 Å². The van der Waals surface area contributed by atoms with E-state index < -0.39 is 0 Å². The highest BCUT2D eigenvalue weighted by molar-refractivity contribution is 8.93. The van der Waals surface area contributed by atoms with Gasteiger partial charge < -0.3 is 0 Å². The number of hydrogen-bond acceptors (Lipinski definition) is 4. The highest BCUT2D eigenvalue weighted by atomic mass is 79.9. The summed E-state index contributed by atoms with van der Waals surface area (Å²) in [6.07, 6.45) is 1.71. The average Bonchev–Trinajstić information content (AvgIpc) is 2.89. The van der Waals surface area contributed by atoms with E-state index in [-0.39, 0.29) is 17.0 Å². The Morgan fingerprint density at radius 2 is 1.83 bits per heavy atom. The summed E-state index contributed by atoms with van der Waals surface area (Å²) in [6, 6.07) is 15.1. The minimum atomic E-state index is 0. The lowest BCUT2D eigenvalue weighted by Crippen LogP contribution is -1.90. The highest BCUT2D eigenvalue weighted by Crippen LogP contribution is 2.30. The average molecular weight is 443 g/mol. The molecular weight excluding hydrogens is 429 g/mol. The lowest BCUT2D eigenvalue weighted by Gasteiger charge is -1.98. The molecule has 0 fully saturated rings. The van der Waals surface area contributed by atoms with Gasteiger partial charge in [-0.15, -0.1) is 28.3 Å². The van der Waals surface area contributed by atoms with Crippen molar-refractivity contribution in [1.29, 1.82) is 0 Å². The van der Waals surface area contributed by atoms with Gasteiger partial charge in [0, 0.05) is 20.5 Å². The molecule has 7 heteroatoms. The van der Waals surface area contributed by atoms with Crippen LogP contribution in [-0.4, -0.2) is 11.2 Å². The van der Waals surface area contributed by atoms with Crippen LogP contribution in [0.25, 0.3) is 11.3 Å². The van der Waals surface area contributed by atoms with Crippen molar-refractivity contribution < 1.29 is 0 Å². The number of hydrazone groups is 1. The Morgan fingerprint density at radius 3 is 2.54 bits per heavy atom. The van der Waals surface area contributed by atoms with Gasteiger partial charge in [-0.1, -0.05) is 47.5 Å². The van der Waals surface area contributed by atoms with Crippen molar-refractivity contribution in [3.63, 3.8) is 0 Å². The second-order valence-electron chi connectivity index (χ2n) is 4.86.